The van der Waals surface area contributed by atoms with Crippen molar-refractivity contribution in [3.05, 3.63) is 95.8 Å². The molecule has 0 spiro atoms. The number of nitrogens with one attached hydrogen (secondary N) is 1. The van der Waals surface area contributed by atoms with Gasteiger partial charge in [-0.3, -0.25) is 9.78 Å². The van der Waals surface area contributed by atoms with Gasteiger partial charge in [0.05, 0.1) is 12.2 Å². The van der Waals surface area contributed by atoms with E-state index < -0.39 is 17.5 Å². The lowest BCUT2D eigenvalue weighted by Gasteiger charge is -2.14. The smallest absolute Gasteiger partial charge is 0.244 e. The monoisotopic (exact) mass is 380 g/mol. The number of carbonyl (C=O) groups is 1. The number of nitrogens with zero attached hydrogens (tertiary/aromatic N) is 1. The minimum Gasteiger partial charge on any atom is -0.456 e. The highest BCUT2D eigenvalue weighted by Gasteiger charge is 2.09. The molecule has 0 aliphatic rings. The van der Waals surface area contributed by atoms with E-state index in [-0.39, 0.29) is 11.6 Å². The van der Waals surface area contributed by atoms with Gasteiger partial charge < -0.3 is 10.1 Å². The quantitative estimate of drug-likeness (QED) is 0.610. The Morgan fingerprint density at radius 1 is 1.11 bits per heavy atom. The number of aromatic nitrogens is 1. The SMILES string of the molecule is CC(NC(=O)/C=C/c1ccc(F)cc1F)c1cccc(Oc2cccnc2)c1. The molecular weight excluding hydrogens is 362 g/mol. The Hall–Kier alpha value is -3.54. The Kier molecular flexibility index (Phi) is 6.11. The number of pyridine rings is 1. The number of hydrogen-bond acceptors (Lipinski definition) is 3. The van der Waals surface area contributed by atoms with Crippen molar-refractivity contribution in [2.45, 2.75) is 13.0 Å². The van der Waals surface area contributed by atoms with Gasteiger partial charge in [-0.05, 0) is 55.0 Å². The molecule has 0 aliphatic carbocycles. The number of rotatable bonds is 6. The van der Waals surface area contributed by atoms with E-state index in [0.29, 0.717) is 11.5 Å². The summed E-state index contributed by atoms with van der Waals surface area (Å²) in [6.07, 6.45) is 5.78. The predicted molar refractivity (Wildman–Crippen MR) is 103 cm³/mol. The van der Waals surface area contributed by atoms with E-state index in [9.17, 15) is 13.6 Å². The van der Waals surface area contributed by atoms with Crippen molar-refractivity contribution < 1.29 is 18.3 Å². The summed E-state index contributed by atoms with van der Waals surface area (Å²) in [7, 11) is 0. The van der Waals surface area contributed by atoms with Crippen molar-refractivity contribution in [3.63, 3.8) is 0 Å². The maximum atomic E-state index is 13.6. The van der Waals surface area contributed by atoms with Crippen LogP contribution in [0.5, 0.6) is 11.5 Å². The van der Waals surface area contributed by atoms with E-state index in [1.54, 1.807) is 24.5 Å². The molecule has 0 bridgehead atoms. The summed E-state index contributed by atoms with van der Waals surface area (Å²) in [5, 5.41) is 2.80. The molecule has 1 unspecified atom stereocenters. The average Bonchev–Trinajstić information content (AvgIpc) is 2.68. The van der Waals surface area contributed by atoms with E-state index in [0.717, 1.165) is 17.7 Å². The number of benzene rings is 2. The van der Waals surface area contributed by atoms with Gasteiger partial charge in [-0.15, -0.1) is 0 Å². The van der Waals surface area contributed by atoms with Crippen molar-refractivity contribution in [3.8, 4) is 11.5 Å². The van der Waals surface area contributed by atoms with Gasteiger partial charge >= 0.3 is 0 Å². The summed E-state index contributed by atoms with van der Waals surface area (Å²) in [5.41, 5.74) is 0.979. The molecule has 0 saturated heterocycles. The summed E-state index contributed by atoms with van der Waals surface area (Å²) >= 11 is 0. The normalized spacial score (nSPS) is 12.0. The van der Waals surface area contributed by atoms with Crippen LogP contribution in [-0.4, -0.2) is 10.9 Å². The second-order valence-electron chi connectivity index (χ2n) is 6.09. The highest BCUT2D eigenvalue weighted by molar-refractivity contribution is 5.92. The summed E-state index contributed by atoms with van der Waals surface area (Å²) in [6.45, 7) is 1.83. The van der Waals surface area contributed by atoms with Crippen LogP contribution in [0.25, 0.3) is 6.08 Å². The highest BCUT2D eigenvalue weighted by Crippen LogP contribution is 2.24. The van der Waals surface area contributed by atoms with Crippen molar-refractivity contribution in [2.24, 2.45) is 0 Å². The van der Waals surface area contributed by atoms with E-state index in [1.807, 2.05) is 31.2 Å². The molecule has 0 saturated carbocycles. The Morgan fingerprint density at radius 2 is 1.93 bits per heavy atom. The first-order chi connectivity index (χ1) is 13.5. The third kappa shape index (κ3) is 5.23. The molecular formula is C22H18F2N2O2. The Balaban J connectivity index is 1.63. The van der Waals surface area contributed by atoms with E-state index in [1.165, 1.54) is 18.2 Å². The largest absolute Gasteiger partial charge is 0.456 e. The number of amides is 1. The molecule has 0 fully saturated rings. The number of hydrogen-bond donors (Lipinski definition) is 1. The molecule has 2 aromatic carbocycles. The molecule has 0 radical (unpaired) electrons. The minimum absolute atomic E-state index is 0.135. The van der Waals surface area contributed by atoms with Gasteiger partial charge in [-0.1, -0.05) is 12.1 Å². The van der Waals surface area contributed by atoms with Gasteiger partial charge in [0.25, 0.3) is 0 Å². The lowest BCUT2D eigenvalue weighted by atomic mass is 10.1. The van der Waals surface area contributed by atoms with Crippen LogP contribution < -0.4 is 10.1 Å². The third-order valence-electron chi connectivity index (χ3n) is 3.96. The number of ether oxygens (including phenoxy) is 1. The molecule has 142 valence electrons. The van der Waals surface area contributed by atoms with Crippen LogP contribution in [0.15, 0.2) is 73.1 Å². The van der Waals surface area contributed by atoms with Gasteiger partial charge in [0, 0.05) is 23.9 Å². The van der Waals surface area contributed by atoms with Crippen LogP contribution in [0.1, 0.15) is 24.1 Å². The van der Waals surface area contributed by atoms with E-state index in [2.05, 4.69) is 10.3 Å². The van der Waals surface area contributed by atoms with Crippen LogP contribution >= 0.6 is 0 Å². The van der Waals surface area contributed by atoms with Crippen LogP contribution in [0, 0.1) is 11.6 Å². The first kappa shape index (κ1) is 19.2. The van der Waals surface area contributed by atoms with E-state index >= 15 is 0 Å². The molecule has 1 N–H and O–H groups in total. The molecule has 6 heteroatoms. The first-order valence-corrected chi connectivity index (χ1v) is 8.63. The summed E-state index contributed by atoms with van der Waals surface area (Å²) in [5.74, 6) is -0.551. The molecule has 0 aliphatic heterocycles. The molecule has 28 heavy (non-hydrogen) atoms. The molecule has 4 nitrogen and oxygen atoms in total. The molecule has 3 rings (SSSR count). The second-order valence-corrected chi connectivity index (χ2v) is 6.09. The Morgan fingerprint density at radius 3 is 2.68 bits per heavy atom. The second kappa shape index (κ2) is 8.90. The van der Waals surface area contributed by atoms with Gasteiger partial charge in [0.2, 0.25) is 5.91 Å². The van der Waals surface area contributed by atoms with Gasteiger partial charge in [0.1, 0.15) is 23.1 Å². The van der Waals surface area contributed by atoms with Crippen molar-refractivity contribution in [2.75, 3.05) is 0 Å². The summed E-state index contributed by atoms with van der Waals surface area (Å²) in [6, 6.07) is 13.8. The van der Waals surface area contributed by atoms with E-state index in [4.69, 9.17) is 4.74 Å². The lowest BCUT2D eigenvalue weighted by Crippen LogP contribution is -2.24. The summed E-state index contributed by atoms with van der Waals surface area (Å²) in [4.78, 5) is 16.1. The van der Waals surface area contributed by atoms with Crippen molar-refractivity contribution in [1.82, 2.24) is 10.3 Å². The summed E-state index contributed by atoms with van der Waals surface area (Å²) < 4.78 is 32.3. The first-order valence-electron chi connectivity index (χ1n) is 8.63. The zero-order valence-electron chi connectivity index (χ0n) is 15.1. The molecule has 1 atom stereocenters. The van der Waals surface area contributed by atoms with Gasteiger partial charge in [-0.2, -0.15) is 0 Å². The van der Waals surface area contributed by atoms with Crippen molar-refractivity contribution in [1.29, 1.82) is 0 Å². The predicted octanol–water partition coefficient (Wildman–Crippen LogP) is 5.04. The van der Waals surface area contributed by atoms with Gasteiger partial charge in [-0.25, -0.2) is 8.78 Å². The minimum atomic E-state index is -0.725. The standard InChI is InChI=1S/C22H18F2N2O2/c1-15(26-22(27)10-8-16-7-9-18(23)13-21(16)24)17-4-2-5-19(12-17)28-20-6-3-11-25-14-20/h2-15H,1H3,(H,26,27)/b10-8+. The topological polar surface area (TPSA) is 51.2 Å². The fraction of sp³-hybridized carbons (Fsp3) is 0.0909. The van der Waals surface area contributed by atoms with Crippen LogP contribution in [0.3, 0.4) is 0 Å². The fourth-order valence-electron chi connectivity index (χ4n) is 2.54. The number of carbonyl (C=O) groups excluding carboxylic acids is 1. The van der Waals surface area contributed by atoms with Gasteiger partial charge in [0.15, 0.2) is 0 Å². The van der Waals surface area contributed by atoms with Crippen LogP contribution in [0.2, 0.25) is 0 Å². The Labute approximate surface area is 161 Å². The highest BCUT2D eigenvalue weighted by atomic mass is 19.1. The van der Waals surface area contributed by atoms with Crippen molar-refractivity contribution >= 4 is 12.0 Å². The Bertz CT molecular complexity index is 991. The maximum absolute atomic E-state index is 13.6. The average molecular weight is 380 g/mol. The molecule has 1 aromatic heterocycles. The maximum Gasteiger partial charge on any atom is 0.244 e. The molecule has 1 heterocycles. The fourth-order valence-corrected chi connectivity index (χ4v) is 2.54. The zero-order chi connectivity index (χ0) is 19.9. The molecule has 1 amide bonds. The van der Waals surface area contributed by atoms with Crippen LogP contribution in [0.4, 0.5) is 8.78 Å². The molecule has 3 aromatic rings. The van der Waals surface area contributed by atoms with Crippen LogP contribution in [-0.2, 0) is 4.79 Å². The number of halogens is 2. The lowest BCUT2D eigenvalue weighted by molar-refractivity contribution is -0.117. The third-order valence-corrected chi connectivity index (χ3v) is 3.96. The zero-order valence-corrected chi connectivity index (χ0v) is 15.1.